The minimum absolute atomic E-state index is 0.117. The molecule has 0 spiro atoms. The van der Waals surface area contributed by atoms with Gasteiger partial charge in [0.05, 0.1) is 0 Å². The second kappa shape index (κ2) is 5.01. The first-order valence-electron chi connectivity index (χ1n) is 6.89. The van der Waals surface area contributed by atoms with Gasteiger partial charge in [-0.2, -0.15) is 4.98 Å². The van der Waals surface area contributed by atoms with Crippen LogP contribution in [0.4, 0.5) is 4.39 Å². The Hall–Kier alpha value is -1.69. The minimum atomic E-state index is -1.52. The highest BCUT2D eigenvalue weighted by Gasteiger charge is 2.42. The Morgan fingerprint density at radius 3 is 3.00 bits per heavy atom. The summed E-state index contributed by atoms with van der Waals surface area (Å²) in [7, 11) is 2.00. The Balaban J connectivity index is 1.74. The zero-order valence-corrected chi connectivity index (χ0v) is 11.8. The highest BCUT2D eigenvalue weighted by molar-refractivity contribution is 5.08. The van der Waals surface area contributed by atoms with Crippen LogP contribution < -0.4 is 0 Å². The van der Waals surface area contributed by atoms with Gasteiger partial charge in [-0.05, 0) is 38.4 Å². The number of halogens is 1. The van der Waals surface area contributed by atoms with Gasteiger partial charge in [-0.1, -0.05) is 5.16 Å². The number of rotatable bonds is 3. The predicted octanol–water partition coefficient (Wildman–Crippen LogP) is 2.18. The molecule has 6 heteroatoms. The molecule has 0 aromatic carbocycles. The molecule has 1 saturated heterocycles. The molecule has 1 unspecified atom stereocenters. The van der Waals surface area contributed by atoms with Crippen molar-refractivity contribution in [3.63, 3.8) is 0 Å². The smallest absolute Gasteiger partial charge is 0.265 e. The average Bonchev–Trinajstić information content (AvgIpc) is 3.00. The summed E-state index contributed by atoms with van der Waals surface area (Å²) in [5, 5.41) is 3.70. The van der Waals surface area contributed by atoms with Crippen molar-refractivity contribution in [2.75, 3.05) is 13.1 Å². The van der Waals surface area contributed by atoms with E-state index in [0.29, 0.717) is 18.8 Å². The van der Waals surface area contributed by atoms with Crippen molar-refractivity contribution in [1.29, 1.82) is 0 Å². The summed E-state index contributed by atoms with van der Waals surface area (Å²) in [5.74, 6) is 0.600. The van der Waals surface area contributed by atoms with E-state index in [1.54, 1.807) is 6.92 Å². The van der Waals surface area contributed by atoms with Gasteiger partial charge in [0.25, 0.3) is 5.89 Å². The average molecular weight is 278 g/mol. The van der Waals surface area contributed by atoms with E-state index in [4.69, 9.17) is 4.52 Å². The largest absolute Gasteiger partial charge is 0.353 e. The van der Waals surface area contributed by atoms with Gasteiger partial charge in [0.1, 0.15) is 0 Å². The molecular formula is C14H19FN4O. The second-order valence-corrected chi connectivity index (χ2v) is 5.54. The van der Waals surface area contributed by atoms with Crippen molar-refractivity contribution in [3.8, 4) is 0 Å². The third-order valence-corrected chi connectivity index (χ3v) is 3.87. The quantitative estimate of drug-likeness (QED) is 0.863. The summed E-state index contributed by atoms with van der Waals surface area (Å²) in [6.07, 6.45) is 3.24. The van der Waals surface area contributed by atoms with Gasteiger partial charge in [-0.15, -0.1) is 0 Å². The van der Waals surface area contributed by atoms with Crippen LogP contribution in [0.5, 0.6) is 0 Å². The maximum Gasteiger partial charge on any atom is 0.265 e. The molecule has 5 nitrogen and oxygen atoms in total. The molecule has 0 N–H and O–H groups in total. The molecule has 108 valence electrons. The molecule has 3 heterocycles. The molecular weight excluding hydrogens is 259 g/mol. The standard InChI is InChI=1S/C14H19FN4O/c1-11-16-13(20-17-11)14(15)6-4-8-19(10-14)9-12-5-3-7-18(12)2/h3,5,7H,4,6,8-10H2,1-2H3. The van der Waals surface area contributed by atoms with Gasteiger partial charge in [0, 0.05) is 32.0 Å². The zero-order valence-electron chi connectivity index (χ0n) is 11.8. The van der Waals surface area contributed by atoms with Crippen LogP contribution in [0, 0.1) is 6.92 Å². The lowest BCUT2D eigenvalue weighted by Crippen LogP contribution is -2.43. The fourth-order valence-electron chi connectivity index (χ4n) is 2.77. The monoisotopic (exact) mass is 278 g/mol. The third-order valence-electron chi connectivity index (χ3n) is 3.87. The van der Waals surface area contributed by atoms with E-state index in [1.807, 2.05) is 19.3 Å². The fourth-order valence-corrected chi connectivity index (χ4v) is 2.77. The summed E-state index contributed by atoms with van der Waals surface area (Å²) in [6, 6.07) is 4.06. The van der Waals surface area contributed by atoms with Crippen molar-refractivity contribution in [2.24, 2.45) is 7.05 Å². The maximum atomic E-state index is 15.1. The maximum absolute atomic E-state index is 15.1. The number of nitrogens with zero attached hydrogens (tertiary/aromatic N) is 4. The van der Waals surface area contributed by atoms with Crippen LogP contribution in [0.25, 0.3) is 0 Å². The van der Waals surface area contributed by atoms with Crippen LogP contribution in [0.1, 0.15) is 30.3 Å². The van der Waals surface area contributed by atoms with E-state index in [0.717, 1.165) is 19.5 Å². The molecule has 0 radical (unpaired) electrons. The van der Waals surface area contributed by atoms with Gasteiger partial charge in [-0.3, -0.25) is 4.90 Å². The van der Waals surface area contributed by atoms with E-state index in [2.05, 4.69) is 25.7 Å². The predicted molar refractivity (Wildman–Crippen MR) is 71.7 cm³/mol. The van der Waals surface area contributed by atoms with Crippen LogP contribution in [0.3, 0.4) is 0 Å². The number of hydrogen-bond acceptors (Lipinski definition) is 4. The number of likely N-dealkylation sites (tertiary alicyclic amines) is 1. The lowest BCUT2D eigenvalue weighted by Gasteiger charge is -2.35. The summed E-state index contributed by atoms with van der Waals surface area (Å²) >= 11 is 0. The minimum Gasteiger partial charge on any atom is -0.353 e. The number of hydrogen-bond donors (Lipinski definition) is 0. The molecule has 1 atom stereocenters. The molecule has 2 aromatic rings. The van der Waals surface area contributed by atoms with E-state index in [9.17, 15) is 0 Å². The lowest BCUT2D eigenvalue weighted by atomic mass is 9.94. The van der Waals surface area contributed by atoms with Crippen LogP contribution in [-0.2, 0) is 19.3 Å². The molecule has 0 bridgehead atoms. The lowest BCUT2D eigenvalue weighted by molar-refractivity contribution is 0.0116. The molecule has 20 heavy (non-hydrogen) atoms. The Morgan fingerprint density at radius 2 is 2.35 bits per heavy atom. The van der Waals surface area contributed by atoms with E-state index >= 15 is 4.39 Å². The van der Waals surface area contributed by atoms with E-state index in [1.165, 1.54) is 5.69 Å². The van der Waals surface area contributed by atoms with Crippen LogP contribution in [-0.4, -0.2) is 32.7 Å². The Labute approximate surface area is 117 Å². The first-order valence-corrected chi connectivity index (χ1v) is 6.89. The van der Waals surface area contributed by atoms with Crippen molar-refractivity contribution < 1.29 is 8.91 Å². The topological polar surface area (TPSA) is 47.1 Å². The summed E-state index contributed by atoms with van der Waals surface area (Å²) in [5.41, 5.74) is -0.346. The zero-order chi connectivity index (χ0) is 14.2. The number of aromatic nitrogens is 3. The molecule has 3 rings (SSSR count). The number of aryl methyl sites for hydroxylation is 2. The van der Waals surface area contributed by atoms with E-state index in [-0.39, 0.29) is 5.89 Å². The Kier molecular flexibility index (Phi) is 3.33. The van der Waals surface area contributed by atoms with Crippen molar-refractivity contribution in [1.82, 2.24) is 19.6 Å². The summed E-state index contributed by atoms with van der Waals surface area (Å²) in [4.78, 5) is 6.18. The summed E-state index contributed by atoms with van der Waals surface area (Å²) < 4.78 is 22.2. The van der Waals surface area contributed by atoms with Crippen LogP contribution in [0.15, 0.2) is 22.9 Å². The van der Waals surface area contributed by atoms with Crippen molar-refractivity contribution in [2.45, 2.75) is 32.0 Å². The second-order valence-electron chi connectivity index (χ2n) is 5.54. The number of piperidine rings is 1. The first-order chi connectivity index (χ1) is 9.57. The molecule has 2 aromatic heterocycles. The van der Waals surface area contributed by atoms with E-state index < -0.39 is 5.67 Å². The van der Waals surface area contributed by atoms with Gasteiger partial charge in [0.15, 0.2) is 5.82 Å². The van der Waals surface area contributed by atoms with Gasteiger partial charge >= 0.3 is 0 Å². The van der Waals surface area contributed by atoms with Crippen molar-refractivity contribution >= 4 is 0 Å². The third kappa shape index (κ3) is 2.47. The molecule has 1 aliphatic heterocycles. The molecule has 0 aliphatic carbocycles. The summed E-state index contributed by atoms with van der Waals surface area (Å²) in [6.45, 7) is 3.65. The first kappa shape index (κ1) is 13.3. The molecule has 1 aliphatic rings. The SMILES string of the molecule is Cc1noc(C2(F)CCCN(Cc3cccn3C)C2)n1. The molecule has 0 saturated carbocycles. The van der Waals surface area contributed by atoms with Crippen molar-refractivity contribution in [3.05, 3.63) is 35.7 Å². The Morgan fingerprint density at radius 1 is 1.50 bits per heavy atom. The van der Waals surface area contributed by atoms with Crippen LogP contribution in [0.2, 0.25) is 0 Å². The molecule has 1 fully saturated rings. The normalized spacial score (nSPS) is 24.1. The highest BCUT2D eigenvalue weighted by Crippen LogP contribution is 2.35. The Bertz CT molecular complexity index is 594. The van der Waals surface area contributed by atoms with Crippen LogP contribution >= 0.6 is 0 Å². The van der Waals surface area contributed by atoms with Gasteiger partial charge in [0.2, 0.25) is 5.67 Å². The van der Waals surface area contributed by atoms with Gasteiger partial charge in [-0.25, -0.2) is 4.39 Å². The highest BCUT2D eigenvalue weighted by atomic mass is 19.1. The fraction of sp³-hybridized carbons (Fsp3) is 0.571. The van der Waals surface area contributed by atoms with Gasteiger partial charge < -0.3 is 9.09 Å². The molecule has 0 amide bonds. The number of alkyl halides is 1.